The monoisotopic (exact) mass is 280 g/mol. The zero-order chi connectivity index (χ0) is 15.2. The molecule has 6 heteroatoms. The third kappa shape index (κ3) is 7.42. The van der Waals surface area contributed by atoms with Gasteiger partial charge in [0.05, 0.1) is 6.54 Å². The summed E-state index contributed by atoms with van der Waals surface area (Å²) in [5.74, 6) is -3.64. The Kier molecular flexibility index (Phi) is 7.44. The van der Waals surface area contributed by atoms with E-state index in [4.69, 9.17) is 5.73 Å². The number of hydrogen-bond acceptors (Lipinski definition) is 3. The summed E-state index contributed by atoms with van der Waals surface area (Å²) in [7, 11) is 0. The maximum atomic E-state index is 13.7. The van der Waals surface area contributed by atoms with Gasteiger partial charge in [0.15, 0.2) is 0 Å². The first kappa shape index (κ1) is 18.2. The van der Waals surface area contributed by atoms with Gasteiger partial charge in [-0.3, -0.25) is 4.79 Å². The second-order valence-corrected chi connectivity index (χ2v) is 5.87. The van der Waals surface area contributed by atoms with Gasteiger partial charge >= 0.3 is 0 Å². The van der Waals surface area contributed by atoms with Crippen molar-refractivity contribution < 1.29 is 18.7 Å². The molecule has 0 aliphatic carbocycles. The van der Waals surface area contributed by atoms with E-state index in [0.717, 1.165) is 0 Å². The highest BCUT2D eigenvalue weighted by atomic mass is 19.3. The molecule has 2 atom stereocenters. The minimum Gasteiger partial charge on any atom is -0.385 e. The van der Waals surface area contributed by atoms with Gasteiger partial charge in [0.2, 0.25) is 5.91 Å². The fraction of sp³-hybridized carbons (Fsp3) is 0.923. The number of amides is 1. The number of halogens is 2. The van der Waals surface area contributed by atoms with Crippen LogP contribution in [0.2, 0.25) is 0 Å². The fourth-order valence-corrected chi connectivity index (χ4v) is 1.75. The number of rotatable bonds is 8. The summed E-state index contributed by atoms with van der Waals surface area (Å²) in [5.41, 5.74) is 5.55. The van der Waals surface area contributed by atoms with Crippen LogP contribution in [0.3, 0.4) is 0 Å². The number of nitrogens with two attached hydrogens (primary N) is 1. The average Bonchev–Trinajstić information content (AvgIpc) is 2.23. The van der Waals surface area contributed by atoms with Crippen molar-refractivity contribution in [1.29, 1.82) is 0 Å². The van der Waals surface area contributed by atoms with E-state index in [9.17, 15) is 18.7 Å². The van der Waals surface area contributed by atoms with Gasteiger partial charge in [-0.15, -0.1) is 0 Å². The lowest BCUT2D eigenvalue weighted by molar-refractivity contribution is -0.133. The van der Waals surface area contributed by atoms with E-state index < -0.39 is 30.5 Å². The lowest BCUT2D eigenvalue weighted by atomic mass is 9.96. The first-order valence-electron chi connectivity index (χ1n) is 6.64. The van der Waals surface area contributed by atoms with Crippen LogP contribution in [0, 0.1) is 11.8 Å². The molecule has 0 radical (unpaired) electrons. The first-order chi connectivity index (χ1) is 8.56. The number of carbonyl (C=O) groups is 1. The predicted molar refractivity (Wildman–Crippen MR) is 70.8 cm³/mol. The van der Waals surface area contributed by atoms with E-state index in [2.05, 4.69) is 5.32 Å². The molecule has 0 bridgehead atoms. The Morgan fingerprint density at radius 1 is 1.26 bits per heavy atom. The maximum Gasteiger partial charge on any atom is 0.291 e. The highest BCUT2D eigenvalue weighted by Gasteiger charge is 2.42. The van der Waals surface area contributed by atoms with Crippen LogP contribution in [-0.2, 0) is 4.79 Å². The van der Waals surface area contributed by atoms with Crippen molar-refractivity contribution in [2.24, 2.45) is 17.6 Å². The highest BCUT2D eigenvalue weighted by Crippen LogP contribution is 2.22. The molecular weight excluding hydrogens is 254 g/mol. The van der Waals surface area contributed by atoms with E-state index in [1.807, 2.05) is 27.7 Å². The van der Waals surface area contributed by atoms with Gasteiger partial charge in [-0.25, -0.2) is 8.78 Å². The molecule has 1 amide bonds. The highest BCUT2D eigenvalue weighted by molar-refractivity contribution is 5.76. The van der Waals surface area contributed by atoms with E-state index in [-0.39, 0.29) is 18.3 Å². The van der Waals surface area contributed by atoms with Crippen molar-refractivity contribution in [3.63, 3.8) is 0 Å². The number of carbonyl (C=O) groups excluding carboxylic acids is 1. The molecular formula is C13H26F2N2O2. The first-order valence-corrected chi connectivity index (χ1v) is 6.64. The normalized spacial score (nSPS) is 15.7. The van der Waals surface area contributed by atoms with Crippen LogP contribution >= 0.6 is 0 Å². The molecule has 0 aliphatic rings. The van der Waals surface area contributed by atoms with E-state index in [1.165, 1.54) is 0 Å². The van der Waals surface area contributed by atoms with Crippen molar-refractivity contribution in [2.75, 3.05) is 6.54 Å². The van der Waals surface area contributed by atoms with Crippen molar-refractivity contribution in [1.82, 2.24) is 5.32 Å². The zero-order valence-corrected chi connectivity index (χ0v) is 12.1. The Balaban J connectivity index is 4.32. The van der Waals surface area contributed by atoms with Crippen molar-refractivity contribution in [2.45, 2.75) is 58.6 Å². The SMILES string of the molecule is CC(C)CC(=O)NCC(F)(F)C(O)C(N)CC(C)C. The number of aliphatic hydroxyl groups excluding tert-OH is 1. The minimum absolute atomic E-state index is 0.0988. The van der Waals surface area contributed by atoms with Crippen LogP contribution in [0.4, 0.5) is 8.78 Å². The summed E-state index contributed by atoms with van der Waals surface area (Å²) in [5, 5.41) is 11.7. The summed E-state index contributed by atoms with van der Waals surface area (Å²) in [6, 6.07) is -1.00. The van der Waals surface area contributed by atoms with Gasteiger partial charge in [-0.2, -0.15) is 0 Å². The minimum atomic E-state index is -3.42. The molecule has 4 nitrogen and oxygen atoms in total. The Labute approximate surface area is 113 Å². The lowest BCUT2D eigenvalue weighted by Crippen LogP contribution is -2.53. The smallest absolute Gasteiger partial charge is 0.291 e. The van der Waals surface area contributed by atoms with Crippen molar-refractivity contribution >= 4 is 5.91 Å². The quantitative estimate of drug-likeness (QED) is 0.631. The Bertz CT molecular complexity index is 284. The van der Waals surface area contributed by atoms with Gasteiger partial charge in [-0.1, -0.05) is 27.7 Å². The molecule has 114 valence electrons. The van der Waals surface area contributed by atoms with Crippen LogP contribution in [0.5, 0.6) is 0 Å². The molecule has 0 saturated carbocycles. The lowest BCUT2D eigenvalue weighted by Gasteiger charge is -2.28. The summed E-state index contributed by atoms with van der Waals surface area (Å²) in [4.78, 5) is 11.3. The Morgan fingerprint density at radius 2 is 1.79 bits per heavy atom. The second-order valence-electron chi connectivity index (χ2n) is 5.87. The molecule has 0 spiro atoms. The number of nitrogens with one attached hydrogen (secondary N) is 1. The third-order valence-corrected chi connectivity index (χ3v) is 2.70. The van der Waals surface area contributed by atoms with Crippen LogP contribution in [-0.4, -0.2) is 35.6 Å². The molecule has 0 aliphatic heterocycles. The molecule has 4 N–H and O–H groups in total. The van der Waals surface area contributed by atoms with Gasteiger partial charge in [0.25, 0.3) is 5.92 Å². The molecule has 0 heterocycles. The second kappa shape index (κ2) is 7.75. The Hall–Kier alpha value is -0.750. The van der Waals surface area contributed by atoms with Crippen molar-refractivity contribution in [3.8, 4) is 0 Å². The summed E-state index contributed by atoms with van der Waals surface area (Å²) >= 11 is 0. The van der Waals surface area contributed by atoms with Crippen molar-refractivity contribution in [3.05, 3.63) is 0 Å². The van der Waals surface area contributed by atoms with Crippen LogP contribution in [0.15, 0.2) is 0 Å². The molecule has 0 aromatic carbocycles. The topological polar surface area (TPSA) is 75.3 Å². The fourth-order valence-electron chi connectivity index (χ4n) is 1.75. The standard InChI is InChI=1S/C13H26F2N2O2/c1-8(2)5-10(16)12(19)13(14,15)7-17-11(18)6-9(3)4/h8-10,12,19H,5-7,16H2,1-4H3,(H,17,18). The Morgan fingerprint density at radius 3 is 2.21 bits per heavy atom. The van der Waals surface area contributed by atoms with Crippen LogP contribution in [0.25, 0.3) is 0 Å². The molecule has 0 rings (SSSR count). The number of hydrogen-bond donors (Lipinski definition) is 3. The van der Waals surface area contributed by atoms with Gasteiger partial charge in [0, 0.05) is 12.5 Å². The summed E-state index contributed by atoms with van der Waals surface area (Å²) in [6.07, 6.45) is -1.46. The van der Waals surface area contributed by atoms with Gasteiger partial charge in [-0.05, 0) is 18.3 Å². The number of alkyl halides is 2. The molecule has 0 aromatic heterocycles. The molecule has 19 heavy (non-hydrogen) atoms. The average molecular weight is 280 g/mol. The number of aliphatic hydroxyl groups is 1. The largest absolute Gasteiger partial charge is 0.385 e. The van der Waals surface area contributed by atoms with E-state index in [0.29, 0.717) is 6.42 Å². The third-order valence-electron chi connectivity index (χ3n) is 2.70. The molecule has 0 aromatic rings. The maximum absolute atomic E-state index is 13.7. The van der Waals surface area contributed by atoms with Gasteiger partial charge < -0.3 is 16.2 Å². The summed E-state index contributed by atoms with van der Waals surface area (Å²) < 4.78 is 27.3. The predicted octanol–water partition coefficient (Wildman–Crippen LogP) is 1.52. The van der Waals surface area contributed by atoms with Crippen LogP contribution in [0.1, 0.15) is 40.5 Å². The van der Waals surface area contributed by atoms with E-state index in [1.54, 1.807) is 0 Å². The zero-order valence-electron chi connectivity index (χ0n) is 12.1. The molecule has 0 fully saturated rings. The molecule has 2 unspecified atom stereocenters. The molecule has 0 saturated heterocycles. The van der Waals surface area contributed by atoms with E-state index >= 15 is 0 Å². The van der Waals surface area contributed by atoms with Crippen LogP contribution < -0.4 is 11.1 Å². The summed E-state index contributed by atoms with van der Waals surface area (Å²) in [6.45, 7) is 6.45. The van der Waals surface area contributed by atoms with Gasteiger partial charge in [0.1, 0.15) is 6.10 Å².